The Kier molecular flexibility index (Phi) is 5.92. The summed E-state index contributed by atoms with van der Waals surface area (Å²) in [4.78, 5) is 26.7. The van der Waals surface area contributed by atoms with Crippen molar-refractivity contribution in [1.82, 2.24) is 4.90 Å². The minimum atomic E-state index is -0.540. The van der Waals surface area contributed by atoms with E-state index in [4.69, 9.17) is 14.2 Å². The molecule has 1 saturated carbocycles. The molecular formula is C23H31NO5. The van der Waals surface area contributed by atoms with E-state index in [1.165, 1.54) is 6.08 Å². The minimum Gasteiger partial charge on any atom is -0.493 e. The molecule has 1 heterocycles. The Balaban J connectivity index is 1.54. The van der Waals surface area contributed by atoms with Crippen molar-refractivity contribution in [2.75, 3.05) is 27.4 Å². The minimum absolute atomic E-state index is 0.107. The second-order valence-corrected chi connectivity index (χ2v) is 9.29. The number of benzene rings is 1. The Hall–Kier alpha value is -2.50. The van der Waals surface area contributed by atoms with E-state index < -0.39 is 5.97 Å². The van der Waals surface area contributed by atoms with Gasteiger partial charge in [0.25, 0.3) is 5.91 Å². The first kappa shape index (κ1) is 21.2. The van der Waals surface area contributed by atoms with E-state index in [9.17, 15) is 9.59 Å². The number of ether oxygens (including phenoxy) is 3. The van der Waals surface area contributed by atoms with E-state index in [1.54, 1.807) is 32.4 Å². The van der Waals surface area contributed by atoms with Crippen molar-refractivity contribution < 1.29 is 23.8 Å². The Morgan fingerprint density at radius 1 is 1.14 bits per heavy atom. The quantitative estimate of drug-likeness (QED) is 0.537. The van der Waals surface area contributed by atoms with Crippen molar-refractivity contribution in [3.05, 3.63) is 29.8 Å². The third kappa shape index (κ3) is 4.92. The number of carbonyl (C=O) groups excluding carboxylic acids is 2. The van der Waals surface area contributed by atoms with Gasteiger partial charge in [-0.3, -0.25) is 4.79 Å². The highest BCUT2D eigenvalue weighted by Gasteiger charge is 2.50. The van der Waals surface area contributed by atoms with Gasteiger partial charge in [0.05, 0.1) is 14.2 Å². The molecule has 0 spiro atoms. The lowest BCUT2D eigenvalue weighted by molar-refractivity contribution is -0.148. The van der Waals surface area contributed by atoms with Gasteiger partial charge in [0.1, 0.15) is 0 Å². The van der Waals surface area contributed by atoms with Gasteiger partial charge in [0.15, 0.2) is 18.1 Å². The molecule has 0 N–H and O–H groups in total. The van der Waals surface area contributed by atoms with Crippen LogP contribution in [0, 0.1) is 10.8 Å². The molecule has 6 nitrogen and oxygen atoms in total. The van der Waals surface area contributed by atoms with Gasteiger partial charge in [-0.05, 0) is 53.9 Å². The molecule has 1 aromatic rings. The first-order valence-electron chi connectivity index (χ1n) is 10.0. The Bertz CT molecular complexity index is 815. The molecule has 2 aliphatic rings. The van der Waals surface area contributed by atoms with Crippen molar-refractivity contribution in [3.8, 4) is 11.5 Å². The van der Waals surface area contributed by atoms with Gasteiger partial charge in [0.2, 0.25) is 0 Å². The molecule has 1 aliphatic carbocycles. The van der Waals surface area contributed by atoms with Crippen molar-refractivity contribution in [2.45, 2.75) is 46.1 Å². The van der Waals surface area contributed by atoms with Crippen molar-refractivity contribution in [2.24, 2.45) is 10.8 Å². The third-order valence-electron chi connectivity index (χ3n) is 5.89. The van der Waals surface area contributed by atoms with Crippen LogP contribution < -0.4 is 9.47 Å². The number of rotatable bonds is 6. The topological polar surface area (TPSA) is 65.1 Å². The van der Waals surface area contributed by atoms with E-state index in [-0.39, 0.29) is 29.4 Å². The molecule has 2 atom stereocenters. The van der Waals surface area contributed by atoms with Crippen LogP contribution in [-0.2, 0) is 14.3 Å². The van der Waals surface area contributed by atoms with E-state index in [2.05, 4.69) is 20.8 Å². The van der Waals surface area contributed by atoms with E-state index in [0.29, 0.717) is 11.5 Å². The Morgan fingerprint density at radius 2 is 1.86 bits per heavy atom. The fourth-order valence-electron chi connectivity index (χ4n) is 5.14. The molecule has 2 fully saturated rings. The predicted octanol–water partition coefficient (Wildman–Crippen LogP) is 3.69. The van der Waals surface area contributed by atoms with E-state index in [0.717, 1.165) is 31.4 Å². The van der Waals surface area contributed by atoms with E-state index in [1.807, 2.05) is 11.0 Å². The van der Waals surface area contributed by atoms with Gasteiger partial charge in [-0.15, -0.1) is 0 Å². The summed E-state index contributed by atoms with van der Waals surface area (Å²) in [5.74, 6) is 0.548. The molecule has 2 unspecified atom stereocenters. The van der Waals surface area contributed by atoms with Crippen LogP contribution in [0.1, 0.15) is 45.6 Å². The third-order valence-corrected chi connectivity index (χ3v) is 5.89. The SMILES string of the molecule is COc1ccc(C=CC(=O)OCC(=O)N2CC3(C)CC2CC(C)(C)C3)cc1OC. The van der Waals surface area contributed by atoms with Gasteiger partial charge < -0.3 is 19.1 Å². The number of fused-ring (bicyclic) bond motifs is 2. The van der Waals surface area contributed by atoms with Crippen LogP contribution in [-0.4, -0.2) is 50.2 Å². The largest absolute Gasteiger partial charge is 0.493 e. The van der Waals surface area contributed by atoms with Crippen LogP contribution in [0.25, 0.3) is 6.08 Å². The van der Waals surface area contributed by atoms with Crippen LogP contribution in [0.3, 0.4) is 0 Å². The monoisotopic (exact) mass is 401 g/mol. The maximum atomic E-state index is 12.7. The summed E-state index contributed by atoms with van der Waals surface area (Å²) >= 11 is 0. The lowest BCUT2D eigenvalue weighted by Crippen LogP contribution is -2.39. The smallest absolute Gasteiger partial charge is 0.331 e. The fraction of sp³-hybridized carbons (Fsp3) is 0.565. The second-order valence-electron chi connectivity index (χ2n) is 9.29. The summed E-state index contributed by atoms with van der Waals surface area (Å²) in [5, 5.41) is 0. The van der Waals surface area contributed by atoms with Crippen molar-refractivity contribution in [1.29, 1.82) is 0 Å². The number of methoxy groups -OCH3 is 2. The van der Waals surface area contributed by atoms with Crippen LogP contribution in [0.5, 0.6) is 11.5 Å². The second kappa shape index (κ2) is 8.09. The summed E-state index contributed by atoms with van der Waals surface area (Å²) in [6, 6.07) is 5.59. The molecule has 1 saturated heterocycles. The number of esters is 1. The first-order valence-corrected chi connectivity index (χ1v) is 10.0. The fourth-order valence-corrected chi connectivity index (χ4v) is 5.14. The summed E-state index contributed by atoms with van der Waals surface area (Å²) in [5.41, 5.74) is 1.18. The molecule has 1 aliphatic heterocycles. The highest BCUT2D eigenvalue weighted by Crippen LogP contribution is 2.52. The maximum Gasteiger partial charge on any atom is 0.331 e. The van der Waals surface area contributed by atoms with Crippen LogP contribution in [0.4, 0.5) is 0 Å². The molecule has 3 rings (SSSR count). The molecule has 2 bridgehead atoms. The molecule has 158 valence electrons. The zero-order valence-electron chi connectivity index (χ0n) is 18.0. The number of likely N-dealkylation sites (tertiary alicyclic amines) is 1. The number of hydrogen-bond acceptors (Lipinski definition) is 5. The first-order chi connectivity index (χ1) is 13.6. The summed E-state index contributed by atoms with van der Waals surface area (Å²) in [6.45, 7) is 7.32. The number of amides is 1. The molecule has 0 aromatic heterocycles. The summed E-state index contributed by atoms with van der Waals surface area (Å²) < 4.78 is 15.6. The lowest BCUT2D eigenvalue weighted by atomic mass is 9.65. The molecule has 1 aromatic carbocycles. The van der Waals surface area contributed by atoms with Gasteiger partial charge in [-0.1, -0.05) is 26.8 Å². The van der Waals surface area contributed by atoms with Crippen molar-refractivity contribution in [3.63, 3.8) is 0 Å². The lowest BCUT2D eigenvalue weighted by Gasteiger charge is -2.39. The molecule has 0 radical (unpaired) electrons. The predicted molar refractivity (Wildman–Crippen MR) is 111 cm³/mol. The van der Waals surface area contributed by atoms with E-state index >= 15 is 0 Å². The average molecular weight is 402 g/mol. The Morgan fingerprint density at radius 3 is 2.55 bits per heavy atom. The van der Waals surface area contributed by atoms with Gasteiger partial charge in [-0.25, -0.2) is 4.79 Å². The molecular weight excluding hydrogens is 370 g/mol. The number of carbonyl (C=O) groups is 2. The molecule has 1 amide bonds. The zero-order chi connectivity index (χ0) is 21.2. The number of nitrogens with zero attached hydrogens (tertiary/aromatic N) is 1. The molecule has 6 heteroatoms. The zero-order valence-corrected chi connectivity index (χ0v) is 18.0. The summed E-state index contributed by atoms with van der Waals surface area (Å²) in [7, 11) is 3.12. The average Bonchev–Trinajstić information content (AvgIpc) is 2.92. The van der Waals surface area contributed by atoms with Gasteiger partial charge in [0, 0.05) is 18.7 Å². The van der Waals surface area contributed by atoms with Gasteiger partial charge in [-0.2, -0.15) is 0 Å². The maximum absolute atomic E-state index is 12.7. The number of hydrogen-bond donors (Lipinski definition) is 0. The standard InChI is InChI=1S/C23H31NO5/c1-22(2)11-17-12-23(3,14-22)15-24(17)20(25)13-29-21(26)9-7-16-6-8-18(27-4)19(10-16)28-5/h6-10,17H,11-15H2,1-5H3. The normalized spacial score (nSPS) is 25.1. The highest BCUT2D eigenvalue weighted by molar-refractivity contribution is 5.89. The highest BCUT2D eigenvalue weighted by atomic mass is 16.5. The van der Waals surface area contributed by atoms with Crippen LogP contribution >= 0.6 is 0 Å². The summed E-state index contributed by atoms with van der Waals surface area (Å²) in [6.07, 6.45) is 6.10. The van der Waals surface area contributed by atoms with Crippen LogP contribution in [0.15, 0.2) is 24.3 Å². The van der Waals surface area contributed by atoms with Crippen LogP contribution in [0.2, 0.25) is 0 Å². The van der Waals surface area contributed by atoms with Gasteiger partial charge >= 0.3 is 5.97 Å². The van der Waals surface area contributed by atoms with Crippen molar-refractivity contribution >= 4 is 18.0 Å². The molecule has 29 heavy (non-hydrogen) atoms. The Labute approximate surface area is 172 Å².